The fourth-order valence-corrected chi connectivity index (χ4v) is 3.32. The van der Waals surface area contributed by atoms with Crippen LogP contribution in [0.5, 0.6) is 5.75 Å². The summed E-state index contributed by atoms with van der Waals surface area (Å²) >= 11 is 0. The molecule has 0 atom stereocenters. The molecule has 1 aliphatic rings. The van der Waals surface area contributed by atoms with Gasteiger partial charge in [-0.2, -0.15) is 0 Å². The summed E-state index contributed by atoms with van der Waals surface area (Å²) in [5.74, 6) is 0.653. The van der Waals surface area contributed by atoms with E-state index in [4.69, 9.17) is 4.74 Å². The van der Waals surface area contributed by atoms with Crippen LogP contribution >= 0.6 is 0 Å². The number of carbonyl (C=O) groups excluding carboxylic acids is 1. The first kappa shape index (κ1) is 16.6. The molecule has 2 aromatic rings. The number of hydrogen-bond acceptors (Lipinski definition) is 3. The van der Waals surface area contributed by atoms with Gasteiger partial charge in [0, 0.05) is 30.1 Å². The van der Waals surface area contributed by atoms with Crippen molar-refractivity contribution in [3.8, 4) is 5.75 Å². The van der Waals surface area contributed by atoms with Crippen LogP contribution in [-0.2, 0) is 4.79 Å². The fourth-order valence-electron chi connectivity index (χ4n) is 3.32. The second kappa shape index (κ2) is 7.51. The lowest BCUT2D eigenvalue weighted by Crippen LogP contribution is -2.39. The molecule has 1 aromatic carbocycles. The van der Waals surface area contributed by atoms with E-state index in [0.717, 1.165) is 23.7 Å². The molecule has 0 bridgehead atoms. The second-order valence-corrected chi connectivity index (χ2v) is 6.51. The maximum Gasteiger partial charge on any atom is 0.260 e. The fraction of sp³-hybridized carbons (Fsp3) is 0.474. The van der Waals surface area contributed by atoms with Crippen molar-refractivity contribution in [2.24, 2.45) is 0 Å². The maximum atomic E-state index is 12.4. The molecule has 5 nitrogen and oxygen atoms in total. The highest BCUT2D eigenvalue weighted by molar-refractivity contribution is 5.80. The Balaban J connectivity index is 1.61. The summed E-state index contributed by atoms with van der Waals surface area (Å²) < 4.78 is 5.67. The van der Waals surface area contributed by atoms with Crippen LogP contribution in [0.2, 0.25) is 0 Å². The first-order valence-corrected chi connectivity index (χ1v) is 8.65. The molecule has 1 heterocycles. The van der Waals surface area contributed by atoms with Crippen molar-refractivity contribution in [2.75, 3.05) is 13.7 Å². The monoisotopic (exact) mass is 328 g/mol. The third-order valence-corrected chi connectivity index (χ3v) is 4.82. The van der Waals surface area contributed by atoms with Crippen molar-refractivity contribution in [2.45, 2.75) is 44.6 Å². The Bertz CT molecular complexity index is 761. The number of aromatic amines is 1. The number of H-pyrrole nitrogens is 1. The van der Waals surface area contributed by atoms with Crippen molar-refractivity contribution in [3.05, 3.63) is 40.7 Å². The van der Waals surface area contributed by atoms with Crippen LogP contribution in [0.4, 0.5) is 0 Å². The van der Waals surface area contributed by atoms with E-state index < -0.39 is 0 Å². The molecule has 1 aliphatic carbocycles. The van der Waals surface area contributed by atoms with Crippen LogP contribution in [0.25, 0.3) is 10.9 Å². The number of nitrogens with zero attached hydrogens (tertiary/aromatic N) is 1. The van der Waals surface area contributed by atoms with Crippen molar-refractivity contribution < 1.29 is 9.53 Å². The van der Waals surface area contributed by atoms with Gasteiger partial charge in [0.15, 0.2) is 6.61 Å². The number of fused-ring (bicyclic) bond motifs is 1. The highest BCUT2D eigenvalue weighted by Crippen LogP contribution is 2.22. The van der Waals surface area contributed by atoms with Gasteiger partial charge in [-0.25, -0.2) is 0 Å². The van der Waals surface area contributed by atoms with E-state index in [2.05, 4.69) is 4.98 Å². The number of rotatable bonds is 4. The SMILES string of the molecule is CN(C(=O)COc1ccc2[nH]c(=O)ccc2c1)C1CCCCCC1. The molecule has 1 aromatic heterocycles. The van der Waals surface area contributed by atoms with Crippen molar-refractivity contribution in [3.63, 3.8) is 0 Å². The molecule has 128 valence electrons. The molecule has 1 fully saturated rings. The summed E-state index contributed by atoms with van der Waals surface area (Å²) in [6, 6.07) is 8.98. The maximum absolute atomic E-state index is 12.4. The Morgan fingerprint density at radius 3 is 2.67 bits per heavy atom. The smallest absolute Gasteiger partial charge is 0.260 e. The number of likely N-dealkylation sites (N-methyl/N-ethyl adjacent to an activating group) is 1. The molecule has 24 heavy (non-hydrogen) atoms. The minimum Gasteiger partial charge on any atom is -0.484 e. The third kappa shape index (κ3) is 3.96. The zero-order valence-electron chi connectivity index (χ0n) is 14.1. The van der Waals surface area contributed by atoms with Gasteiger partial charge in [-0.3, -0.25) is 9.59 Å². The van der Waals surface area contributed by atoms with Gasteiger partial charge < -0.3 is 14.6 Å². The lowest BCUT2D eigenvalue weighted by Gasteiger charge is -2.27. The van der Waals surface area contributed by atoms with E-state index in [1.54, 1.807) is 18.2 Å². The number of pyridine rings is 1. The Morgan fingerprint density at radius 1 is 1.17 bits per heavy atom. The zero-order valence-corrected chi connectivity index (χ0v) is 14.1. The van der Waals surface area contributed by atoms with Crippen LogP contribution in [0.15, 0.2) is 35.1 Å². The average Bonchev–Trinajstić information content (AvgIpc) is 2.88. The van der Waals surface area contributed by atoms with Crippen LogP contribution < -0.4 is 10.3 Å². The Labute approximate surface area is 141 Å². The molecule has 1 N–H and O–H groups in total. The number of aromatic nitrogens is 1. The number of ether oxygens (including phenoxy) is 1. The van der Waals surface area contributed by atoms with E-state index in [-0.39, 0.29) is 18.1 Å². The highest BCUT2D eigenvalue weighted by atomic mass is 16.5. The molecular weight excluding hydrogens is 304 g/mol. The molecule has 0 saturated heterocycles. The largest absolute Gasteiger partial charge is 0.484 e. The van der Waals surface area contributed by atoms with Gasteiger partial charge in [-0.15, -0.1) is 0 Å². The summed E-state index contributed by atoms with van der Waals surface area (Å²) in [5, 5.41) is 0.886. The zero-order chi connectivity index (χ0) is 16.9. The number of nitrogens with one attached hydrogen (secondary N) is 1. The first-order valence-electron chi connectivity index (χ1n) is 8.65. The standard InChI is InChI=1S/C19H24N2O3/c1-21(15-6-4-2-3-5-7-15)19(23)13-24-16-9-10-17-14(12-16)8-11-18(22)20-17/h8-12,15H,2-7,13H2,1H3,(H,20,22). The van der Waals surface area contributed by atoms with Crippen molar-refractivity contribution >= 4 is 16.8 Å². The van der Waals surface area contributed by atoms with Crippen LogP contribution in [0.3, 0.4) is 0 Å². The van der Waals surface area contributed by atoms with Gasteiger partial charge in [0.2, 0.25) is 5.56 Å². The van der Waals surface area contributed by atoms with E-state index in [1.807, 2.05) is 18.0 Å². The molecule has 3 rings (SSSR count). The average molecular weight is 328 g/mol. The molecule has 0 radical (unpaired) electrons. The summed E-state index contributed by atoms with van der Waals surface area (Å²) in [7, 11) is 1.88. The lowest BCUT2D eigenvalue weighted by molar-refractivity contribution is -0.134. The molecule has 0 unspecified atom stereocenters. The van der Waals surface area contributed by atoms with Gasteiger partial charge in [-0.05, 0) is 37.1 Å². The molecular formula is C19H24N2O3. The highest BCUT2D eigenvalue weighted by Gasteiger charge is 2.21. The van der Waals surface area contributed by atoms with Gasteiger partial charge in [0.25, 0.3) is 5.91 Å². The van der Waals surface area contributed by atoms with Crippen LogP contribution in [0.1, 0.15) is 38.5 Å². The van der Waals surface area contributed by atoms with Gasteiger partial charge in [0.1, 0.15) is 5.75 Å². The van der Waals surface area contributed by atoms with Crippen molar-refractivity contribution in [1.82, 2.24) is 9.88 Å². The molecule has 0 spiro atoms. The van der Waals surface area contributed by atoms with Gasteiger partial charge in [0.05, 0.1) is 0 Å². The topological polar surface area (TPSA) is 62.4 Å². The molecule has 1 amide bonds. The van der Waals surface area contributed by atoms with E-state index in [9.17, 15) is 9.59 Å². The summed E-state index contributed by atoms with van der Waals surface area (Å²) in [6.45, 7) is 0.0435. The molecule has 1 saturated carbocycles. The van der Waals surface area contributed by atoms with E-state index in [1.165, 1.54) is 31.7 Å². The first-order chi connectivity index (χ1) is 11.6. The minimum atomic E-state index is -0.128. The lowest BCUT2D eigenvalue weighted by atomic mass is 10.1. The predicted octanol–water partition coefficient (Wildman–Crippen LogP) is 3.09. The number of hydrogen-bond donors (Lipinski definition) is 1. The molecule has 5 heteroatoms. The molecule has 0 aliphatic heterocycles. The minimum absolute atomic E-state index is 0.0171. The second-order valence-electron chi connectivity index (χ2n) is 6.51. The van der Waals surface area contributed by atoms with E-state index in [0.29, 0.717) is 11.8 Å². The summed E-state index contributed by atoms with van der Waals surface area (Å²) in [5.41, 5.74) is 0.633. The predicted molar refractivity (Wildman–Crippen MR) is 94.3 cm³/mol. The number of carbonyl (C=O) groups is 1. The third-order valence-electron chi connectivity index (χ3n) is 4.82. The summed E-state index contributed by atoms with van der Waals surface area (Å²) in [4.78, 5) is 28.3. The van der Waals surface area contributed by atoms with E-state index >= 15 is 0 Å². The van der Waals surface area contributed by atoms with Gasteiger partial charge in [-0.1, -0.05) is 25.7 Å². The summed E-state index contributed by atoms with van der Waals surface area (Å²) in [6.07, 6.45) is 7.12. The normalized spacial score (nSPS) is 15.9. The van der Waals surface area contributed by atoms with Crippen molar-refractivity contribution in [1.29, 1.82) is 0 Å². The Hall–Kier alpha value is -2.30. The quantitative estimate of drug-likeness (QED) is 0.877. The van der Waals surface area contributed by atoms with Crippen LogP contribution in [-0.4, -0.2) is 35.5 Å². The van der Waals surface area contributed by atoms with Crippen LogP contribution in [0, 0.1) is 0 Å². The Kier molecular flexibility index (Phi) is 5.18. The number of amides is 1. The number of benzene rings is 1. The van der Waals surface area contributed by atoms with Gasteiger partial charge >= 0.3 is 0 Å². The Morgan fingerprint density at radius 2 is 1.92 bits per heavy atom.